The molecule has 1 amide bonds. The Morgan fingerprint density at radius 3 is 1.79 bits per heavy atom. The number of alkyl halides is 3. The number of carbonyl (C=O) groups is 1. The number of halogens is 8. The molecule has 2 nitrogen and oxygen atoms in total. The van der Waals surface area contributed by atoms with Gasteiger partial charge in [0.25, 0.3) is 5.91 Å². The maximum atomic E-state index is 13.6. The molecular formula is C14H5F8NO. The van der Waals surface area contributed by atoms with E-state index >= 15 is 0 Å². The summed E-state index contributed by atoms with van der Waals surface area (Å²) >= 11 is 0. The van der Waals surface area contributed by atoms with Crippen molar-refractivity contribution in [3.63, 3.8) is 0 Å². The lowest BCUT2D eigenvalue weighted by Crippen LogP contribution is -2.20. The molecule has 2 aromatic carbocycles. The summed E-state index contributed by atoms with van der Waals surface area (Å²) < 4.78 is 105. The van der Waals surface area contributed by atoms with Crippen molar-refractivity contribution in [3.05, 3.63) is 64.5 Å². The van der Waals surface area contributed by atoms with Crippen molar-refractivity contribution in [3.8, 4) is 0 Å². The third-order valence-corrected chi connectivity index (χ3v) is 2.90. The Bertz CT molecular complexity index is 786. The number of hydrogen-bond acceptors (Lipinski definition) is 1. The van der Waals surface area contributed by atoms with Gasteiger partial charge in [-0.15, -0.1) is 0 Å². The molecule has 0 unspecified atom stereocenters. The third kappa shape index (κ3) is 3.03. The fraction of sp³-hybridized carbons (Fsp3) is 0.0714. The summed E-state index contributed by atoms with van der Waals surface area (Å²) in [5, 5.41) is 1.32. The van der Waals surface area contributed by atoms with Crippen LogP contribution in [-0.2, 0) is 6.18 Å². The Morgan fingerprint density at radius 2 is 1.33 bits per heavy atom. The number of hydrogen-bond donors (Lipinski definition) is 1. The van der Waals surface area contributed by atoms with Crippen LogP contribution in [-0.4, -0.2) is 5.91 Å². The van der Waals surface area contributed by atoms with Crippen molar-refractivity contribution in [1.29, 1.82) is 0 Å². The van der Waals surface area contributed by atoms with Crippen LogP contribution in [0.3, 0.4) is 0 Å². The second kappa shape index (κ2) is 6.10. The highest BCUT2D eigenvalue weighted by Crippen LogP contribution is 2.38. The molecule has 0 atom stereocenters. The van der Waals surface area contributed by atoms with Crippen molar-refractivity contribution in [1.82, 2.24) is 0 Å². The predicted octanol–water partition coefficient (Wildman–Crippen LogP) is 4.65. The van der Waals surface area contributed by atoms with Crippen LogP contribution in [0, 0.1) is 29.1 Å². The first-order chi connectivity index (χ1) is 11.1. The van der Waals surface area contributed by atoms with E-state index in [1.54, 1.807) is 0 Å². The van der Waals surface area contributed by atoms with Gasteiger partial charge in [-0.05, 0) is 12.1 Å². The molecule has 0 saturated carbocycles. The Morgan fingerprint density at radius 1 is 0.833 bits per heavy atom. The molecule has 0 aliphatic heterocycles. The lowest BCUT2D eigenvalue weighted by atomic mass is 10.1. The van der Waals surface area contributed by atoms with Crippen LogP contribution in [0.25, 0.3) is 0 Å². The molecule has 0 bridgehead atoms. The van der Waals surface area contributed by atoms with E-state index in [1.165, 1.54) is 17.4 Å². The summed E-state index contributed by atoms with van der Waals surface area (Å²) in [5.41, 5.74) is -5.32. The van der Waals surface area contributed by atoms with Crippen LogP contribution in [0.15, 0.2) is 24.3 Å². The van der Waals surface area contributed by atoms with Gasteiger partial charge in [0, 0.05) is 0 Å². The monoisotopic (exact) mass is 355 g/mol. The first kappa shape index (κ1) is 17.7. The Labute approximate surface area is 128 Å². The highest BCUT2D eigenvalue weighted by atomic mass is 19.4. The molecular weight excluding hydrogens is 350 g/mol. The number of amides is 1. The first-order valence-electron chi connectivity index (χ1n) is 6.04. The topological polar surface area (TPSA) is 29.1 Å². The Hall–Kier alpha value is -2.65. The number of benzene rings is 2. The lowest BCUT2D eigenvalue weighted by Gasteiger charge is -2.14. The summed E-state index contributed by atoms with van der Waals surface area (Å²) in [6, 6.07) is 4.07. The summed E-state index contributed by atoms with van der Waals surface area (Å²) in [6.07, 6.45) is -5.70. The van der Waals surface area contributed by atoms with Crippen LogP contribution in [0.5, 0.6) is 0 Å². The van der Waals surface area contributed by atoms with Gasteiger partial charge in [-0.1, -0.05) is 12.1 Å². The second-order valence-electron chi connectivity index (χ2n) is 4.44. The number of carbonyl (C=O) groups excluding carboxylic acids is 1. The van der Waals surface area contributed by atoms with E-state index in [4.69, 9.17) is 0 Å². The number of rotatable bonds is 2. The predicted molar refractivity (Wildman–Crippen MR) is 65.6 cm³/mol. The molecule has 0 radical (unpaired) electrons. The van der Waals surface area contributed by atoms with Crippen molar-refractivity contribution in [2.45, 2.75) is 6.18 Å². The van der Waals surface area contributed by atoms with E-state index in [0.717, 1.165) is 12.1 Å². The van der Waals surface area contributed by atoms with Crippen molar-refractivity contribution < 1.29 is 39.9 Å². The van der Waals surface area contributed by atoms with Crippen LogP contribution < -0.4 is 5.32 Å². The van der Waals surface area contributed by atoms with Gasteiger partial charge in [-0.3, -0.25) is 4.79 Å². The normalized spacial score (nSPS) is 11.5. The van der Waals surface area contributed by atoms with E-state index in [2.05, 4.69) is 0 Å². The molecule has 0 aliphatic rings. The highest BCUT2D eigenvalue weighted by Gasteiger charge is 2.42. The molecule has 2 aromatic rings. The minimum absolute atomic E-state index is 0.739. The van der Waals surface area contributed by atoms with E-state index in [9.17, 15) is 39.9 Å². The summed E-state index contributed by atoms with van der Waals surface area (Å²) in [4.78, 5) is 11.7. The number of anilines is 1. The van der Waals surface area contributed by atoms with Gasteiger partial charge in [0.05, 0.1) is 5.56 Å². The maximum absolute atomic E-state index is 13.6. The number of nitrogens with one attached hydrogen (secondary N) is 1. The minimum Gasteiger partial charge on any atom is -0.317 e. The SMILES string of the molecule is O=C(Nc1c(F)c(F)c(C(F)(F)F)c(F)c1F)c1ccccc1F. The van der Waals surface area contributed by atoms with E-state index in [1.807, 2.05) is 0 Å². The van der Waals surface area contributed by atoms with Gasteiger partial charge in [-0.25, -0.2) is 22.0 Å². The quantitative estimate of drug-likeness (QED) is 0.617. The van der Waals surface area contributed by atoms with Gasteiger partial charge in [0.15, 0.2) is 23.3 Å². The van der Waals surface area contributed by atoms with E-state index < -0.39 is 58.0 Å². The molecule has 1 N–H and O–H groups in total. The fourth-order valence-electron chi connectivity index (χ4n) is 1.82. The van der Waals surface area contributed by atoms with Crippen LogP contribution >= 0.6 is 0 Å². The smallest absolute Gasteiger partial charge is 0.317 e. The molecule has 0 spiro atoms. The van der Waals surface area contributed by atoms with Crippen molar-refractivity contribution in [2.75, 3.05) is 5.32 Å². The molecule has 24 heavy (non-hydrogen) atoms. The zero-order valence-electron chi connectivity index (χ0n) is 11.2. The molecule has 128 valence electrons. The van der Waals surface area contributed by atoms with Gasteiger partial charge >= 0.3 is 6.18 Å². The lowest BCUT2D eigenvalue weighted by molar-refractivity contribution is -0.143. The van der Waals surface area contributed by atoms with Gasteiger partial charge in [0.1, 0.15) is 17.1 Å². The minimum atomic E-state index is -5.70. The van der Waals surface area contributed by atoms with Crippen LogP contribution in [0.4, 0.5) is 40.8 Å². The largest absolute Gasteiger partial charge is 0.422 e. The Kier molecular flexibility index (Phi) is 4.50. The molecule has 2 rings (SSSR count). The molecule has 0 aromatic heterocycles. The maximum Gasteiger partial charge on any atom is 0.422 e. The Balaban J connectivity index is 2.53. The fourth-order valence-corrected chi connectivity index (χ4v) is 1.82. The average Bonchev–Trinajstić information content (AvgIpc) is 2.48. The summed E-state index contributed by atoms with van der Waals surface area (Å²) in [7, 11) is 0. The average molecular weight is 355 g/mol. The van der Waals surface area contributed by atoms with Gasteiger partial charge in [-0.2, -0.15) is 13.2 Å². The molecule has 0 heterocycles. The standard InChI is InChI=1S/C14H5F8NO/c15-6-4-2-1-3-5(6)13(24)23-12-10(18)8(16)7(14(20,21)22)9(17)11(12)19/h1-4H,(H,23,24). The summed E-state index contributed by atoms with van der Waals surface area (Å²) in [5.74, 6) is -13.0. The zero-order chi connectivity index (χ0) is 18.2. The zero-order valence-corrected chi connectivity index (χ0v) is 11.2. The van der Waals surface area contributed by atoms with E-state index in [0.29, 0.717) is 0 Å². The van der Waals surface area contributed by atoms with Gasteiger partial charge in [0.2, 0.25) is 0 Å². The van der Waals surface area contributed by atoms with Crippen molar-refractivity contribution >= 4 is 11.6 Å². The van der Waals surface area contributed by atoms with E-state index in [-0.39, 0.29) is 0 Å². The third-order valence-electron chi connectivity index (χ3n) is 2.90. The van der Waals surface area contributed by atoms with Gasteiger partial charge < -0.3 is 5.32 Å². The van der Waals surface area contributed by atoms with Crippen LogP contribution in [0.2, 0.25) is 0 Å². The first-order valence-corrected chi connectivity index (χ1v) is 6.04. The summed E-state index contributed by atoms with van der Waals surface area (Å²) in [6.45, 7) is 0. The molecule has 0 aliphatic carbocycles. The molecule has 0 saturated heterocycles. The molecule has 0 fully saturated rings. The molecule has 10 heteroatoms. The van der Waals surface area contributed by atoms with Crippen LogP contribution in [0.1, 0.15) is 15.9 Å². The van der Waals surface area contributed by atoms with Crippen molar-refractivity contribution in [2.24, 2.45) is 0 Å². The second-order valence-corrected chi connectivity index (χ2v) is 4.44. The highest BCUT2D eigenvalue weighted by molar-refractivity contribution is 6.04.